The summed E-state index contributed by atoms with van der Waals surface area (Å²) in [7, 11) is 0. The van der Waals surface area contributed by atoms with Gasteiger partial charge in [0.15, 0.2) is 5.78 Å². The molecular formula is C23H23FN4O3. The van der Waals surface area contributed by atoms with Crippen LogP contribution in [0.15, 0.2) is 54.7 Å². The Balaban J connectivity index is 1.59. The number of halogens is 1. The molecule has 1 aliphatic heterocycles. The Kier molecular flexibility index (Phi) is 5.90. The molecule has 0 amide bonds. The van der Waals surface area contributed by atoms with Gasteiger partial charge in [-0.15, -0.1) is 0 Å². The van der Waals surface area contributed by atoms with Gasteiger partial charge in [0.2, 0.25) is 0 Å². The monoisotopic (exact) mass is 422 g/mol. The number of rotatable bonds is 6. The van der Waals surface area contributed by atoms with Crippen LogP contribution in [0.5, 0.6) is 0 Å². The average molecular weight is 422 g/mol. The van der Waals surface area contributed by atoms with Crippen LogP contribution in [0.3, 0.4) is 0 Å². The number of fused-ring (bicyclic) bond motifs is 1. The van der Waals surface area contributed by atoms with Crippen LogP contribution in [0.1, 0.15) is 23.7 Å². The van der Waals surface area contributed by atoms with Crippen molar-refractivity contribution >= 4 is 28.1 Å². The zero-order valence-electron chi connectivity index (χ0n) is 17.1. The molecular weight excluding hydrogens is 399 g/mol. The van der Waals surface area contributed by atoms with Crippen LogP contribution in [-0.4, -0.2) is 41.4 Å². The number of carbonyl (C=O) groups excluding carboxylic acids is 1. The summed E-state index contributed by atoms with van der Waals surface area (Å²) in [5, 5.41) is 16.9. The van der Waals surface area contributed by atoms with Crippen LogP contribution >= 0.6 is 0 Å². The number of anilines is 1. The standard InChI is InChI=1S/C23H23FN4O3/c1-2-18(23(29)19-8-7-17(24)12-21(19)28(30)31)20-14-27(10-9-25-20)22-11-15-5-3-4-6-16(15)13-26-22/h3-8,11-13,18,20,25H,2,9-10,14H2,1H3. The topological polar surface area (TPSA) is 88.4 Å². The first-order valence-corrected chi connectivity index (χ1v) is 10.3. The van der Waals surface area contributed by atoms with Crippen molar-refractivity contribution in [1.29, 1.82) is 0 Å². The van der Waals surface area contributed by atoms with Gasteiger partial charge in [0.05, 0.1) is 16.6 Å². The minimum absolute atomic E-state index is 0.0546. The number of benzene rings is 2. The lowest BCUT2D eigenvalue weighted by atomic mass is 9.86. The van der Waals surface area contributed by atoms with E-state index in [0.29, 0.717) is 19.5 Å². The highest BCUT2D eigenvalue weighted by atomic mass is 19.1. The van der Waals surface area contributed by atoms with E-state index in [4.69, 9.17) is 0 Å². The molecule has 0 saturated carbocycles. The number of Topliss-reactive ketones (excluding diaryl/α,β-unsaturated/α-hetero) is 1. The van der Waals surface area contributed by atoms with E-state index in [0.717, 1.165) is 35.3 Å². The lowest BCUT2D eigenvalue weighted by Gasteiger charge is -2.37. The highest BCUT2D eigenvalue weighted by molar-refractivity contribution is 6.01. The van der Waals surface area contributed by atoms with Gasteiger partial charge < -0.3 is 10.2 Å². The van der Waals surface area contributed by atoms with Crippen molar-refractivity contribution in [2.24, 2.45) is 5.92 Å². The van der Waals surface area contributed by atoms with Crippen molar-refractivity contribution in [1.82, 2.24) is 10.3 Å². The molecule has 0 spiro atoms. The molecule has 0 radical (unpaired) electrons. The highest BCUT2D eigenvalue weighted by Gasteiger charge is 2.34. The third-order valence-corrected chi connectivity index (χ3v) is 5.83. The smallest absolute Gasteiger partial charge is 0.283 e. The predicted molar refractivity (Wildman–Crippen MR) is 117 cm³/mol. The second kappa shape index (κ2) is 8.77. The Hall–Kier alpha value is -3.39. The third kappa shape index (κ3) is 4.25. The Labute approximate surface area is 179 Å². The van der Waals surface area contributed by atoms with Gasteiger partial charge in [-0.3, -0.25) is 14.9 Å². The summed E-state index contributed by atoms with van der Waals surface area (Å²) in [4.78, 5) is 30.6. The number of nitro benzene ring substituents is 1. The van der Waals surface area contributed by atoms with Crippen LogP contribution < -0.4 is 10.2 Å². The quantitative estimate of drug-likeness (QED) is 0.367. The van der Waals surface area contributed by atoms with E-state index in [2.05, 4.69) is 15.2 Å². The number of carbonyl (C=O) groups is 1. The van der Waals surface area contributed by atoms with E-state index < -0.39 is 22.3 Å². The van der Waals surface area contributed by atoms with E-state index in [1.54, 1.807) is 0 Å². The largest absolute Gasteiger partial charge is 0.354 e. The molecule has 1 saturated heterocycles. The summed E-state index contributed by atoms with van der Waals surface area (Å²) < 4.78 is 13.5. The van der Waals surface area contributed by atoms with Crippen molar-refractivity contribution in [3.8, 4) is 0 Å². The SMILES string of the molecule is CCC(C(=O)c1ccc(F)cc1[N+](=O)[O-])C1CN(c2cc3ccccc3cn2)CCN1. The summed E-state index contributed by atoms with van der Waals surface area (Å²) in [6, 6.07) is 12.9. The van der Waals surface area contributed by atoms with E-state index in [1.807, 2.05) is 43.5 Å². The molecule has 0 bridgehead atoms. The Morgan fingerprint density at radius 3 is 2.81 bits per heavy atom. The second-order valence-electron chi connectivity index (χ2n) is 7.69. The molecule has 1 N–H and O–H groups in total. The van der Waals surface area contributed by atoms with E-state index in [1.165, 1.54) is 6.07 Å². The predicted octanol–water partition coefficient (Wildman–Crippen LogP) is 3.97. The molecule has 2 aromatic carbocycles. The zero-order chi connectivity index (χ0) is 22.0. The maximum atomic E-state index is 13.5. The number of nitrogens with one attached hydrogen (secondary N) is 1. The van der Waals surface area contributed by atoms with Gasteiger partial charge >= 0.3 is 0 Å². The third-order valence-electron chi connectivity index (χ3n) is 5.83. The molecule has 8 heteroatoms. The van der Waals surface area contributed by atoms with Gasteiger partial charge in [-0.2, -0.15) is 0 Å². The minimum atomic E-state index is -0.736. The molecule has 7 nitrogen and oxygen atoms in total. The maximum absolute atomic E-state index is 13.5. The van der Waals surface area contributed by atoms with Gasteiger partial charge in [0.1, 0.15) is 11.6 Å². The number of pyridine rings is 1. The van der Waals surface area contributed by atoms with Crippen LogP contribution in [0.25, 0.3) is 10.8 Å². The molecule has 2 unspecified atom stereocenters. The summed E-state index contributed by atoms with van der Waals surface area (Å²) in [5.74, 6) is -0.728. The number of piperazine rings is 1. The maximum Gasteiger partial charge on any atom is 0.283 e. The number of nitrogens with zero attached hydrogens (tertiary/aromatic N) is 3. The van der Waals surface area contributed by atoms with Gasteiger partial charge in [-0.05, 0) is 30.0 Å². The highest BCUT2D eigenvalue weighted by Crippen LogP contribution is 2.28. The molecule has 4 rings (SSSR count). The molecule has 3 aromatic rings. The van der Waals surface area contributed by atoms with Crippen molar-refractivity contribution in [3.05, 3.63) is 76.2 Å². The molecule has 31 heavy (non-hydrogen) atoms. The number of hydrogen-bond acceptors (Lipinski definition) is 6. The zero-order valence-corrected chi connectivity index (χ0v) is 17.1. The minimum Gasteiger partial charge on any atom is -0.354 e. The number of ketones is 1. The van der Waals surface area contributed by atoms with Gasteiger partial charge in [-0.1, -0.05) is 31.2 Å². The summed E-state index contributed by atoms with van der Waals surface area (Å²) in [6.45, 7) is 3.83. The van der Waals surface area contributed by atoms with Crippen LogP contribution in [0, 0.1) is 21.8 Å². The number of aromatic nitrogens is 1. The molecule has 160 valence electrons. The number of hydrogen-bond donors (Lipinski definition) is 1. The van der Waals surface area contributed by atoms with Crippen molar-refractivity contribution in [2.75, 3.05) is 24.5 Å². The Morgan fingerprint density at radius 2 is 2.06 bits per heavy atom. The second-order valence-corrected chi connectivity index (χ2v) is 7.69. The van der Waals surface area contributed by atoms with Gasteiger partial charge in [0.25, 0.3) is 5.69 Å². The molecule has 1 aromatic heterocycles. The fourth-order valence-electron chi connectivity index (χ4n) is 4.22. The Bertz CT molecular complexity index is 1140. The molecule has 2 heterocycles. The Morgan fingerprint density at radius 1 is 1.29 bits per heavy atom. The average Bonchev–Trinajstić information content (AvgIpc) is 2.79. The first-order chi connectivity index (χ1) is 15.0. The first kappa shape index (κ1) is 20.9. The molecule has 0 aliphatic carbocycles. The van der Waals surface area contributed by atoms with Crippen LogP contribution in [-0.2, 0) is 0 Å². The fraction of sp³-hybridized carbons (Fsp3) is 0.304. The fourth-order valence-corrected chi connectivity index (χ4v) is 4.22. The van der Waals surface area contributed by atoms with Crippen molar-refractivity contribution < 1.29 is 14.1 Å². The normalized spacial score (nSPS) is 17.5. The lowest BCUT2D eigenvalue weighted by molar-refractivity contribution is -0.385. The van der Waals surface area contributed by atoms with E-state index in [-0.39, 0.29) is 17.4 Å². The van der Waals surface area contributed by atoms with E-state index >= 15 is 0 Å². The van der Waals surface area contributed by atoms with Crippen molar-refractivity contribution in [3.63, 3.8) is 0 Å². The van der Waals surface area contributed by atoms with E-state index in [9.17, 15) is 19.3 Å². The summed E-state index contributed by atoms with van der Waals surface area (Å²) in [5.41, 5.74) is -0.548. The van der Waals surface area contributed by atoms with Crippen molar-refractivity contribution in [2.45, 2.75) is 19.4 Å². The molecule has 2 atom stereocenters. The summed E-state index contributed by atoms with van der Waals surface area (Å²) in [6.07, 6.45) is 2.34. The lowest BCUT2D eigenvalue weighted by Crippen LogP contribution is -2.55. The summed E-state index contributed by atoms with van der Waals surface area (Å²) >= 11 is 0. The van der Waals surface area contributed by atoms with Gasteiger partial charge in [0, 0.05) is 43.2 Å². The first-order valence-electron chi connectivity index (χ1n) is 10.3. The van der Waals surface area contributed by atoms with Crippen LogP contribution in [0.2, 0.25) is 0 Å². The van der Waals surface area contributed by atoms with Gasteiger partial charge in [-0.25, -0.2) is 9.37 Å². The molecule has 1 fully saturated rings. The number of nitro groups is 1. The molecule has 1 aliphatic rings. The van der Waals surface area contributed by atoms with Crippen LogP contribution in [0.4, 0.5) is 15.9 Å².